The van der Waals surface area contributed by atoms with Crippen molar-refractivity contribution in [2.45, 2.75) is 0 Å². The molecule has 0 aromatic carbocycles. The van der Waals surface area contributed by atoms with Crippen LogP contribution in [0, 0.1) is 10.8 Å². The van der Waals surface area contributed by atoms with E-state index in [1.165, 1.54) is 5.53 Å². The molecule has 0 saturated carbocycles. The summed E-state index contributed by atoms with van der Waals surface area (Å²) < 4.78 is 0. The fraction of sp³-hybridized carbons (Fsp3) is 0. The van der Waals surface area contributed by atoms with Crippen LogP contribution in [-0.4, -0.2) is 0 Å². The molecule has 0 saturated heterocycles. The van der Waals surface area contributed by atoms with E-state index in [1.807, 2.05) is 0 Å². The van der Waals surface area contributed by atoms with Crippen molar-refractivity contribution in [3.8, 4) is 0 Å². The largest absolute Gasteiger partial charge is 0.383 e. The molecule has 5 heavy (non-hydrogen) atoms. The van der Waals surface area contributed by atoms with Crippen molar-refractivity contribution in [2.75, 3.05) is 0 Å². The van der Waals surface area contributed by atoms with E-state index in [2.05, 4.69) is 10.2 Å². The van der Waals surface area contributed by atoms with Crippen LogP contribution in [0.2, 0.25) is 0 Å². The zero-order valence-electron chi connectivity index (χ0n) is 2.29. The Morgan fingerprint density at radius 1 is 1.20 bits per heavy atom. The number of rotatable bonds is 0. The quantitative estimate of drug-likeness (QED) is 0.325. The third-order valence-electron chi connectivity index (χ3n) is 0.0894. The van der Waals surface area contributed by atoms with E-state index in [0.717, 1.165) is 0 Å². The van der Waals surface area contributed by atoms with Gasteiger partial charge in [-0.15, -0.1) is 0 Å². The van der Waals surface area contributed by atoms with E-state index in [4.69, 9.17) is 10.8 Å². The van der Waals surface area contributed by atoms with Gasteiger partial charge in [-0.25, -0.2) is 0 Å². The molecule has 0 aliphatic carbocycles. The van der Waals surface area contributed by atoms with E-state index in [0.29, 0.717) is 0 Å². The molecular weight excluding hydrogens is 70.0 g/mol. The number of nitrogens with zero attached hydrogens (tertiary/aromatic N) is 4. The van der Waals surface area contributed by atoms with E-state index in [9.17, 15) is 0 Å². The molecule has 0 spiro atoms. The summed E-state index contributed by atoms with van der Waals surface area (Å²) in [7, 11) is 0. The zero-order valence-corrected chi connectivity index (χ0v) is 2.29. The fourth-order valence-electron chi connectivity index (χ4n) is 0.0200. The number of diazo groups is 2. The Morgan fingerprint density at radius 2 is 1.60 bits per heavy atom. The normalized spacial score (nSPS) is 3.60. The Labute approximate surface area is 27.8 Å². The van der Waals surface area contributed by atoms with Crippen molar-refractivity contribution in [2.24, 2.45) is 0 Å². The van der Waals surface area contributed by atoms with E-state index in [-0.39, 0.29) is 0 Å². The van der Waals surface area contributed by atoms with Gasteiger partial charge in [0.1, 0.15) is 0 Å². The lowest BCUT2D eigenvalue weighted by atomic mass is 12.5. The highest BCUT2D eigenvalue weighted by molar-refractivity contribution is 4.39. The molecule has 24 valence electrons. The third kappa shape index (κ3) is 2.64. The zero-order chi connectivity index (χ0) is 4.12. The summed E-state index contributed by atoms with van der Waals surface area (Å²) in [5.74, 6) is 0. The van der Waals surface area contributed by atoms with Gasteiger partial charge in [-0.2, -0.15) is 0 Å². The maximum atomic E-state index is 7.33. The molecule has 0 fully saturated rings. The summed E-state index contributed by atoms with van der Waals surface area (Å²) in [5.41, 5.74) is 1.47. The molecule has 0 aliphatic rings. The van der Waals surface area contributed by atoms with Crippen LogP contribution >= 0.6 is 0 Å². The van der Waals surface area contributed by atoms with Crippen LogP contribution < -0.4 is 5.53 Å². The summed E-state index contributed by atoms with van der Waals surface area (Å²) in [5, 5.41) is 19.0. The molecule has 0 aromatic heterocycles. The van der Waals surface area contributed by atoms with Crippen molar-refractivity contribution in [1.82, 2.24) is 5.53 Å². The molecule has 0 atom stereocenters. The lowest BCUT2D eigenvalue weighted by Gasteiger charge is -1.17. The molecular formula is HN5+2. The average Bonchev–Trinajstić information content (AvgIpc) is 1.41. The van der Waals surface area contributed by atoms with Gasteiger partial charge >= 0.3 is 15.7 Å². The first-order valence-corrected chi connectivity index (χ1v) is 0.847. The second-order valence-electron chi connectivity index (χ2n) is 0.300. The summed E-state index contributed by atoms with van der Waals surface area (Å²) in [6.07, 6.45) is 0. The Bertz CT molecular complexity index is 65.2. The maximum absolute atomic E-state index is 7.33. The van der Waals surface area contributed by atoms with Gasteiger partial charge in [0, 0.05) is 0 Å². The van der Waals surface area contributed by atoms with Gasteiger partial charge < -0.3 is 0 Å². The van der Waals surface area contributed by atoms with Crippen molar-refractivity contribution in [1.29, 1.82) is 10.8 Å². The second kappa shape index (κ2) is 2.64. The fourth-order valence-corrected chi connectivity index (χ4v) is 0.0200. The van der Waals surface area contributed by atoms with E-state index < -0.39 is 0 Å². The van der Waals surface area contributed by atoms with Gasteiger partial charge in [-0.05, 0) is 0 Å². The van der Waals surface area contributed by atoms with Gasteiger partial charge in [0.25, 0.3) is 10.8 Å². The van der Waals surface area contributed by atoms with Crippen LogP contribution in [0.4, 0.5) is 0 Å². The van der Waals surface area contributed by atoms with Crippen molar-refractivity contribution in [3.05, 3.63) is 10.2 Å². The van der Waals surface area contributed by atoms with Gasteiger partial charge in [-0.3, -0.25) is 0 Å². The van der Waals surface area contributed by atoms with Gasteiger partial charge in [0.05, 0.1) is 0 Å². The van der Waals surface area contributed by atoms with Crippen LogP contribution in [0.25, 0.3) is 10.2 Å². The second-order valence-corrected chi connectivity index (χ2v) is 0.300. The van der Waals surface area contributed by atoms with E-state index in [1.54, 1.807) is 0 Å². The molecule has 5 nitrogen and oxygen atoms in total. The van der Waals surface area contributed by atoms with Crippen molar-refractivity contribution >= 4 is 0 Å². The summed E-state index contributed by atoms with van der Waals surface area (Å²) >= 11 is 0. The van der Waals surface area contributed by atoms with Crippen LogP contribution in [-0.2, 0) is 0 Å². The molecule has 0 aliphatic heterocycles. The number of nitrogens with one attached hydrogen (secondary N) is 1. The molecule has 0 unspecified atom stereocenters. The van der Waals surface area contributed by atoms with Crippen molar-refractivity contribution < 1.29 is 0 Å². The standard InChI is InChI=1S/HN5/c1-3-5-4-2/h5H/q+2. The summed E-state index contributed by atoms with van der Waals surface area (Å²) in [6.45, 7) is 0. The first-order chi connectivity index (χ1) is 2.41. The molecule has 0 rings (SSSR count). The minimum Gasteiger partial charge on any atom is 0.260 e. The average molecular weight is 71.0 g/mol. The molecule has 1 N–H and O–H groups in total. The lowest BCUT2D eigenvalue weighted by Crippen LogP contribution is -1.77. The molecule has 0 bridgehead atoms. The molecule has 0 aromatic rings. The highest BCUT2D eigenvalue weighted by atomic mass is 15.5. The molecule has 0 heterocycles. The van der Waals surface area contributed by atoms with Crippen LogP contribution in [0.15, 0.2) is 0 Å². The monoisotopic (exact) mass is 71.0 g/mol. The van der Waals surface area contributed by atoms with Crippen LogP contribution in [0.1, 0.15) is 0 Å². The van der Waals surface area contributed by atoms with Crippen molar-refractivity contribution in [3.63, 3.8) is 0 Å². The Hall–Kier alpha value is -1.36. The first-order valence-electron chi connectivity index (χ1n) is 0.847. The van der Waals surface area contributed by atoms with Crippen LogP contribution in [0.5, 0.6) is 0 Å². The topological polar surface area (TPSA) is 68.3 Å². The Kier molecular flexibility index (Phi) is 1.92. The smallest absolute Gasteiger partial charge is 0.260 e. The Balaban J connectivity index is 2.86. The van der Waals surface area contributed by atoms with Gasteiger partial charge in [0.15, 0.2) is 0 Å². The summed E-state index contributed by atoms with van der Waals surface area (Å²) in [4.78, 5) is 0. The minimum atomic E-state index is 1.47. The molecule has 0 amide bonds. The lowest BCUT2D eigenvalue weighted by molar-refractivity contribution is 1.06. The van der Waals surface area contributed by atoms with E-state index >= 15 is 0 Å². The number of hydrogen-bond acceptors (Lipinski definition) is 3. The first kappa shape index (κ1) is 3.64. The predicted octanol–water partition coefficient (Wildman–Crippen LogP) is 0.112. The van der Waals surface area contributed by atoms with Gasteiger partial charge in [0.2, 0.25) is 0 Å². The highest BCUT2D eigenvalue weighted by Gasteiger charge is 1.89. The molecule has 5 heteroatoms. The SMILES string of the molecule is N#[N+]N[N+]#N. The summed E-state index contributed by atoms with van der Waals surface area (Å²) in [6, 6.07) is 0. The predicted molar refractivity (Wildman–Crippen MR) is 13.3 cm³/mol. The minimum absolute atomic E-state index is 1.47. The third-order valence-corrected chi connectivity index (χ3v) is 0.0894. The highest BCUT2D eigenvalue weighted by Crippen LogP contribution is 1.45. The number of hydrogen-bond donors (Lipinski definition) is 1. The molecule has 0 radical (unpaired) electrons. The maximum Gasteiger partial charge on any atom is 0.383 e. The Morgan fingerprint density at radius 3 is 1.60 bits per heavy atom. The van der Waals surface area contributed by atoms with Crippen LogP contribution in [0.3, 0.4) is 0 Å². The van der Waals surface area contributed by atoms with Gasteiger partial charge in [-0.1, -0.05) is 0 Å².